The van der Waals surface area contributed by atoms with Crippen molar-refractivity contribution in [2.75, 3.05) is 32.8 Å². The van der Waals surface area contributed by atoms with Crippen LogP contribution >= 0.6 is 0 Å². The third kappa shape index (κ3) is 3.95. The van der Waals surface area contributed by atoms with Gasteiger partial charge in [0.05, 0.1) is 0 Å². The van der Waals surface area contributed by atoms with Gasteiger partial charge in [0.2, 0.25) is 0 Å². The molecule has 2 N–H and O–H groups in total. The molecule has 1 rings (SSSR count). The lowest BCUT2D eigenvalue weighted by atomic mass is 10.1. The van der Waals surface area contributed by atoms with Crippen molar-refractivity contribution in [3.63, 3.8) is 0 Å². The number of hydrogen-bond acceptors (Lipinski definition) is 3. The fourth-order valence-electron chi connectivity index (χ4n) is 1.90. The van der Waals surface area contributed by atoms with Crippen LogP contribution in [0.15, 0.2) is 0 Å². The number of aliphatic hydroxyl groups is 1. The first kappa shape index (κ1) is 12.0. The van der Waals surface area contributed by atoms with Crippen LogP contribution in [0.1, 0.15) is 32.6 Å². The molecule has 0 spiro atoms. The van der Waals surface area contributed by atoms with Crippen LogP contribution in [-0.4, -0.2) is 48.8 Å². The molecule has 0 aromatic carbocycles. The van der Waals surface area contributed by atoms with Crippen LogP contribution in [-0.2, 0) is 0 Å². The Morgan fingerprint density at radius 1 is 1.21 bits per heavy atom. The van der Waals surface area contributed by atoms with Gasteiger partial charge >= 0.3 is 0 Å². The summed E-state index contributed by atoms with van der Waals surface area (Å²) in [5.74, 6) is 0. The fraction of sp³-hybridized carbons (Fsp3) is 1.00. The Balaban J connectivity index is 2.08. The summed E-state index contributed by atoms with van der Waals surface area (Å²) >= 11 is 0. The van der Waals surface area contributed by atoms with Gasteiger partial charge in [-0.2, -0.15) is 0 Å². The van der Waals surface area contributed by atoms with Crippen molar-refractivity contribution >= 4 is 0 Å². The van der Waals surface area contributed by atoms with E-state index < -0.39 is 0 Å². The van der Waals surface area contributed by atoms with E-state index in [2.05, 4.69) is 17.1 Å². The monoisotopic (exact) mass is 200 g/mol. The van der Waals surface area contributed by atoms with Crippen molar-refractivity contribution in [2.24, 2.45) is 0 Å². The Labute approximate surface area is 87.5 Å². The summed E-state index contributed by atoms with van der Waals surface area (Å²) in [5.41, 5.74) is 0. The molecule has 0 saturated carbocycles. The van der Waals surface area contributed by atoms with Crippen molar-refractivity contribution in [1.82, 2.24) is 10.2 Å². The van der Waals surface area contributed by atoms with Crippen molar-refractivity contribution in [3.8, 4) is 0 Å². The second kappa shape index (κ2) is 7.21. The number of aliphatic hydroxyl groups excluding tert-OH is 1. The Hall–Kier alpha value is -0.120. The molecule has 1 heterocycles. The minimum absolute atomic E-state index is 0.346. The van der Waals surface area contributed by atoms with Gasteiger partial charge in [0.15, 0.2) is 0 Å². The van der Waals surface area contributed by atoms with Gasteiger partial charge in [-0.25, -0.2) is 0 Å². The zero-order valence-corrected chi connectivity index (χ0v) is 9.34. The predicted octanol–water partition coefficient (Wildman–Crippen LogP) is 0.833. The first-order valence-corrected chi connectivity index (χ1v) is 5.94. The molecular formula is C11H24N2O. The standard InChI is InChI=1S/C11H24N2O/c1-2-6-13(11-9-12-10-11)7-4-3-5-8-14/h11-12,14H,2-10H2,1H3. The summed E-state index contributed by atoms with van der Waals surface area (Å²) in [5, 5.41) is 12.0. The largest absolute Gasteiger partial charge is 0.396 e. The maximum atomic E-state index is 8.68. The summed E-state index contributed by atoms with van der Waals surface area (Å²) < 4.78 is 0. The molecule has 1 aliphatic rings. The Bertz CT molecular complexity index is 137. The minimum Gasteiger partial charge on any atom is -0.396 e. The van der Waals surface area contributed by atoms with Crippen LogP contribution in [0.4, 0.5) is 0 Å². The molecule has 1 fully saturated rings. The quantitative estimate of drug-likeness (QED) is 0.570. The van der Waals surface area contributed by atoms with Crippen LogP contribution in [0.5, 0.6) is 0 Å². The van der Waals surface area contributed by atoms with Crippen molar-refractivity contribution in [3.05, 3.63) is 0 Å². The molecule has 1 saturated heterocycles. The minimum atomic E-state index is 0.346. The highest BCUT2D eigenvalue weighted by Crippen LogP contribution is 2.08. The smallest absolute Gasteiger partial charge is 0.0431 e. The van der Waals surface area contributed by atoms with E-state index in [0.29, 0.717) is 6.61 Å². The van der Waals surface area contributed by atoms with E-state index >= 15 is 0 Å². The highest BCUT2D eigenvalue weighted by molar-refractivity contribution is 4.84. The average Bonchev–Trinajstić information content (AvgIpc) is 2.10. The van der Waals surface area contributed by atoms with Crippen molar-refractivity contribution in [2.45, 2.75) is 38.6 Å². The van der Waals surface area contributed by atoms with Gasteiger partial charge in [-0.1, -0.05) is 6.92 Å². The van der Waals surface area contributed by atoms with E-state index in [4.69, 9.17) is 5.11 Å². The number of rotatable bonds is 8. The predicted molar refractivity (Wildman–Crippen MR) is 59.5 cm³/mol. The highest BCUT2D eigenvalue weighted by Gasteiger charge is 2.22. The van der Waals surface area contributed by atoms with Crippen LogP contribution in [0, 0.1) is 0 Å². The molecular weight excluding hydrogens is 176 g/mol. The lowest BCUT2D eigenvalue weighted by Crippen LogP contribution is -2.57. The van der Waals surface area contributed by atoms with Crippen LogP contribution in [0.3, 0.4) is 0 Å². The first-order chi connectivity index (χ1) is 6.88. The molecule has 0 aromatic heterocycles. The molecule has 14 heavy (non-hydrogen) atoms. The number of unbranched alkanes of at least 4 members (excludes halogenated alkanes) is 2. The lowest BCUT2D eigenvalue weighted by Gasteiger charge is -2.38. The van der Waals surface area contributed by atoms with Gasteiger partial charge in [0, 0.05) is 25.7 Å². The number of nitrogens with one attached hydrogen (secondary N) is 1. The molecule has 0 amide bonds. The topological polar surface area (TPSA) is 35.5 Å². The molecule has 0 atom stereocenters. The van der Waals surface area contributed by atoms with E-state index in [1.54, 1.807) is 0 Å². The third-order valence-electron chi connectivity index (χ3n) is 2.89. The van der Waals surface area contributed by atoms with E-state index in [9.17, 15) is 0 Å². The van der Waals surface area contributed by atoms with Crippen molar-refractivity contribution < 1.29 is 5.11 Å². The fourth-order valence-corrected chi connectivity index (χ4v) is 1.90. The maximum Gasteiger partial charge on any atom is 0.0431 e. The Morgan fingerprint density at radius 3 is 2.50 bits per heavy atom. The van der Waals surface area contributed by atoms with Gasteiger partial charge in [0.25, 0.3) is 0 Å². The maximum absolute atomic E-state index is 8.68. The third-order valence-corrected chi connectivity index (χ3v) is 2.89. The molecule has 0 bridgehead atoms. The zero-order chi connectivity index (χ0) is 10.2. The normalized spacial score (nSPS) is 17.4. The molecule has 84 valence electrons. The molecule has 3 heteroatoms. The average molecular weight is 200 g/mol. The molecule has 0 radical (unpaired) electrons. The SMILES string of the molecule is CCCN(CCCCCO)C1CNC1. The highest BCUT2D eigenvalue weighted by atomic mass is 16.2. The number of nitrogens with zero attached hydrogens (tertiary/aromatic N) is 1. The van der Waals surface area contributed by atoms with E-state index in [1.807, 2.05) is 0 Å². The second-order valence-electron chi connectivity index (χ2n) is 4.13. The van der Waals surface area contributed by atoms with Gasteiger partial charge in [-0.3, -0.25) is 4.90 Å². The van der Waals surface area contributed by atoms with Crippen LogP contribution in [0.2, 0.25) is 0 Å². The first-order valence-electron chi connectivity index (χ1n) is 5.94. The molecule has 0 unspecified atom stereocenters. The van der Waals surface area contributed by atoms with Gasteiger partial charge in [0.1, 0.15) is 0 Å². The van der Waals surface area contributed by atoms with E-state index in [0.717, 1.165) is 18.9 Å². The number of hydrogen-bond donors (Lipinski definition) is 2. The van der Waals surface area contributed by atoms with Gasteiger partial charge in [-0.15, -0.1) is 0 Å². The molecule has 1 aliphatic heterocycles. The Morgan fingerprint density at radius 2 is 2.00 bits per heavy atom. The van der Waals surface area contributed by atoms with Gasteiger partial charge < -0.3 is 10.4 Å². The van der Waals surface area contributed by atoms with Crippen LogP contribution < -0.4 is 5.32 Å². The summed E-state index contributed by atoms with van der Waals surface area (Å²) in [6.45, 7) is 7.36. The molecule has 3 nitrogen and oxygen atoms in total. The van der Waals surface area contributed by atoms with Crippen molar-refractivity contribution in [1.29, 1.82) is 0 Å². The summed E-state index contributed by atoms with van der Waals surface area (Å²) in [6, 6.07) is 0.782. The summed E-state index contributed by atoms with van der Waals surface area (Å²) in [7, 11) is 0. The molecule has 0 aromatic rings. The van der Waals surface area contributed by atoms with E-state index in [1.165, 1.54) is 39.0 Å². The zero-order valence-electron chi connectivity index (χ0n) is 9.34. The second-order valence-corrected chi connectivity index (χ2v) is 4.13. The lowest BCUT2D eigenvalue weighted by molar-refractivity contribution is 0.141. The van der Waals surface area contributed by atoms with Crippen LogP contribution in [0.25, 0.3) is 0 Å². The summed E-state index contributed by atoms with van der Waals surface area (Å²) in [6.07, 6.45) is 4.60. The summed E-state index contributed by atoms with van der Waals surface area (Å²) in [4.78, 5) is 2.59. The molecule has 0 aliphatic carbocycles. The van der Waals surface area contributed by atoms with Gasteiger partial charge in [-0.05, 0) is 38.8 Å². The Kier molecular flexibility index (Phi) is 6.15. The van der Waals surface area contributed by atoms with E-state index in [-0.39, 0.29) is 0 Å².